The molecule has 142 valence electrons. The van der Waals surface area contributed by atoms with Crippen molar-refractivity contribution in [3.05, 3.63) is 11.6 Å². The lowest BCUT2D eigenvalue weighted by Crippen LogP contribution is -2.50. The third-order valence-corrected chi connectivity index (χ3v) is 9.33. The summed E-state index contributed by atoms with van der Waals surface area (Å²) in [7, 11) is 0. The van der Waals surface area contributed by atoms with Gasteiger partial charge in [0.2, 0.25) is 0 Å². The van der Waals surface area contributed by atoms with Gasteiger partial charge >= 0.3 is 0 Å². The smallest absolute Gasteiger partial charge is 0.0613 e. The number of halogens is 1. The Balaban J connectivity index is 1.55. The van der Waals surface area contributed by atoms with Crippen LogP contribution in [0.3, 0.4) is 0 Å². The molecule has 0 spiro atoms. The van der Waals surface area contributed by atoms with Crippen molar-refractivity contribution in [2.45, 2.75) is 84.7 Å². The molecule has 0 amide bonds. The minimum atomic E-state index is 0.416. The van der Waals surface area contributed by atoms with Crippen LogP contribution in [0.5, 0.6) is 0 Å². The van der Waals surface area contributed by atoms with E-state index >= 15 is 0 Å². The molecular formula is C23H37ClO. The maximum Gasteiger partial charge on any atom is 0.0613 e. The van der Waals surface area contributed by atoms with Gasteiger partial charge in [0.1, 0.15) is 0 Å². The minimum absolute atomic E-state index is 0.416. The fraction of sp³-hybridized carbons (Fsp3) is 0.913. The molecule has 3 saturated carbocycles. The molecule has 0 aromatic heterocycles. The van der Waals surface area contributed by atoms with Gasteiger partial charge in [0.15, 0.2) is 0 Å². The molecule has 4 aliphatic carbocycles. The Morgan fingerprint density at radius 1 is 1.12 bits per heavy atom. The number of fused-ring (bicyclic) bond motifs is 5. The largest absolute Gasteiger partial charge is 0.377 e. The molecule has 2 heteroatoms. The van der Waals surface area contributed by atoms with Gasteiger partial charge in [0.05, 0.1) is 12.7 Å². The Morgan fingerprint density at radius 2 is 1.96 bits per heavy atom. The predicted molar refractivity (Wildman–Crippen MR) is 106 cm³/mol. The topological polar surface area (TPSA) is 9.23 Å². The van der Waals surface area contributed by atoms with Crippen LogP contribution in [0.25, 0.3) is 0 Å². The van der Waals surface area contributed by atoms with E-state index in [1.54, 1.807) is 5.57 Å². The van der Waals surface area contributed by atoms with E-state index in [2.05, 4.69) is 26.8 Å². The van der Waals surface area contributed by atoms with Crippen LogP contribution < -0.4 is 0 Å². The van der Waals surface area contributed by atoms with E-state index in [1.165, 1.54) is 51.4 Å². The number of ether oxygens (including phenoxy) is 1. The van der Waals surface area contributed by atoms with Gasteiger partial charge in [-0.25, -0.2) is 0 Å². The fourth-order valence-corrected chi connectivity index (χ4v) is 7.85. The standard InChI is InChI=1S/C23H37ClO/c1-4-16-6-8-20-19-7-5-17-15-18(25-14-13-24)9-11-23(17,3)21(19)10-12-22(16,20)2/h5,16,18-21H,4,6-15H2,1-3H3/t16-,18-,19-,20-,21-,22+,23-/m0/s1. The van der Waals surface area contributed by atoms with Gasteiger partial charge in [-0.15, -0.1) is 11.6 Å². The van der Waals surface area contributed by atoms with Gasteiger partial charge in [-0.1, -0.05) is 38.8 Å². The molecule has 0 saturated heterocycles. The van der Waals surface area contributed by atoms with Gasteiger partial charge in [0.25, 0.3) is 0 Å². The van der Waals surface area contributed by atoms with Crippen LogP contribution in [-0.4, -0.2) is 18.6 Å². The first-order valence-electron chi connectivity index (χ1n) is 10.9. The highest BCUT2D eigenvalue weighted by Crippen LogP contribution is 2.66. The summed E-state index contributed by atoms with van der Waals surface area (Å²) >= 11 is 5.83. The van der Waals surface area contributed by atoms with Crippen LogP contribution in [0, 0.1) is 34.5 Å². The van der Waals surface area contributed by atoms with Crippen LogP contribution in [0.2, 0.25) is 0 Å². The maximum absolute atomic E-state index is 6.00. The summed E-state index contributed by atoms with van der Waals surface area (Å²) < 4.78 is 6.00. The van der Waals surface area contributed by atoms with Crippen LogP contribution >= 0.6 is 11.6 Å². The minimum Gasteiger partial charge on any atom is -0.377 e. The van der Waals surface area contributed by atoms with Crippen molar-refractivity contribution in [3.63, 3.8) is 0 Å². The summed E-state index contributed by atoms with van der Waals surface area (Å²) in [5.41, 5.74) is 2.82. The molecule has 0 aromatic carbocycles. The van der Waals surface area contributed by atoms with Crippen molar-refractivity contribution >= 4 is 11.6 Å². The third kappa shape index (κ3) is 2.83. The van der Waals surface area contributed by atoms with Crippen molar-refractivity contribution in [1.82, 2.24) is 0 Å². The molecule has 1 nitrogen and oxygen atoms in total. The van der Waals surface area contributed by atoms with Crippen molar-refractivity contribution < 1.29 is 4.74 Å². The van der Waals surface area contributed by atoms with Crippen molar-refractivity contribution in [1.29, 1.82) is 0 Å². The molecule has 0 radical (unpaired) electrons. The SMILES string of the molecule is CC[C@H]1CC[C@H]2[C@@H]3CC=C4C[C@@H](OCCCl)CC[C@]4(C)[C@H]3CC[C@]12C. The summed E-state index contributed by atoms with van der Waals surface area (Å²) in [6.45, 7) is 8.38. The number of alkyl halides is 1. The summed E-state index contributed by atoms with van der Waals surface area (Å²) in [5.74, 6) is 4.46. The monoisotopic (exact) mass is 364 g/mol. The molecule has 7 atom stereocenters. The normalized spacial score (nSPS) is 49.1. The van der Waals surface area contributed by atoms with E-state index in [4.69, 9.17) is 16.3 Å². The van der Waals surface area contributed by atoms with Gasteiger partial charge in [-0.05, 0) is 85.9 Å². The third-order valence-electron chi connectivity index (χ3n) is 9.18. The fourth-order valence-electron chi connectivity index (χ4n) is 7.76. The first-order valence-corrected chi connectivity index (χ1v) is 11.4. The zero-order valence-corrected chi connectivity index (χ0v) is 17.3. The molecule has 25 heavy (non-hydrogen) atoms. The van der Waals surface area contributed by atoms with Crippen molar-refractivity contribution in [2.24, 2.45) is 34.5 Å². The van der Waals surface area contributed by atoms with Gasteiger partial charge in [-0.2, -0.15) is 0 Å². The molecule has 0 aliphatic heterocycles. The summed E-state index contributed by atoms with van der Waals surface area (Å²) in [6, 6.07) is 0. The van der Waals surface area contributed by atoms with Crippen molar-refractivity contribution in [2.75, 3.05) is 12.5 Å². The number of rotatable bonds is 4. The van der Waals surface area contributed by atoms with E-state index in [0.717, 1.165) is 30.1 Å². The van der Waals surface area contributed by atoms with E-state index in [-0.39, 0.29) is 0 Å². The summed E-state index contributed by atoms with van der Waals surface area (Å²) in [4.78, 5) is 0. The van der Waals surface area contributed by atoms with Crippen LogP contribution in [0.1, 0.15) is 78.6 Å². The van der Waals surface area contributed by atoms with Gasteiger partial charge in [0, 0.05) is 5.88 Å². The summed E-state index contributed by atoms with van der Waals surface area (Å²) in [5, 5.41) is 0. The quantitative estimate of drug-likeness (QED) is 0.403. The first kappa shape index (κ1) is 18.4. The van der Waals surface area contributed by atoms with Gasteiger partial charge < -0.3 is 4.74 Å². The molecule has 0 aromatic rings. The maximum atomic E-state index is 6.00. The van der Waals surface area contributed by atoms with E-state index in [0.29, 0.717) is 29.4 Å². The lowest BCUT2D eigenvalue weighted by atomic mass is 9.47. The number of hydrogen-bond acceptors (Lipinski definition) is 1. The Labute approximate surface area is 159 Å². The Bertz CT molecular complexity index is 528. The second-order valence-electron chi connectivity index (χ2n) is 9.91. The van der Waals surface area contributed by atoms with Crippen LogP contribution in [0.4, 0.5) is 0 Å². The molecule has 0 unspecified atom stereocenters. The highest BCUT2D eigenvalue weighted by Gasteiger charge is 2.58. The number of allylic oxidation sites excluding steroid dienone is 1. The molecule has 0 bridgehead atoms. The Hall–Kier alpha value is -0.0100. The lowest BCUT2D eigenvalue weighted by molar-refractivity contribution is -0.0568. The highest BCUT2D eigenvalue weighted by atomic mass is 35.5. The molecule has 0 N–H and O–H groups in total. The molecular weight excluding hydrogens is 328 g/mol. The number of hydrogen-bond donors (Lipinski definition) is 0. The van der Waals surface area contributed by atoms with E-state index in [1.807, 2.05) is 0 Å². The lowest BCUT2D eigenvalue weighted by Gasteiger charge is -2.58. The molecule has 4 aliphatic rings. The summed E-state index contributed by atoms with van der Waals surface area (Å²) in [6.07, 6.45) is 15.5. The zero-order chi connectivity index (χ0) is 17.7. The Kier molecular flexibility index (Phi) is 5.04. The molecule has 3 fully saturated rings. The zero-order valence-electron chi connectivity index (χ0n) is 16.5. The second-order valence-corrected chi connectivity index (χ2v) is 10.3. The van der Waals surface area contributed by atoms with Crippen LogP contribution in [0.15, 0.2) is 11.6 Å². The van der Waals surface area contributed by atoms with Crippen LogP contribution in [-0.2, 0) is 4.74 Å². The second kappa shape index (κ2) is 6.86. The van der Waals surface area contributed by atoms with E-state index in [9.17, 15) is 0 Å². The molecule has 0 heterocycles. The average molecular weight is 365 g/mol. The highest BCUT2D eigenvalue weighted by molar-refractivity contribution is 6.17. The van der Waals surface area contributed by atoms with Crippen molar-refractivity contribution in [3.8, 4) is 0 Å². The van der Waals surface area contributed by atoms with Gasteiger partial charge in [-0.3, -0.25) is 0 Å². The average Bonchev–Trinajstić information content (AvgIpc) is 2.96. The molecule has 4 rings (SSSR count). The predicted octanol–water partition coefficient (Wildman–Crippen LogP) is 6.60. The van der Waals surface area contributed by atoms with E-state index < -0.39 is 0 Å². The Morgan fingerprint density at radius 3 is 2.72 bits per heavy atom. The first-order chi connectivity index (χ1) is 12.0.